The van der Waals surface area contributed by atoms with Gasteiger partial charge in [-0.25, -0.2) is 0 Å². The lowest BCUT2D eigenvalue weighted by atomic mass is 9.47. The second kappa shape index (κ2) is 17.0. The molecule has 0 bridgehead atoms. The number of hydrogen-bond donors (Lipinski definition) is 2. The molecule has 2 N–H and O–H groups in total. The molecule has 320 valence electrons. The highest BCUT2D eigenvalue weighted by atomic mass is 16.3. The molecule has 0 aromatic heterocycles. The van der Waals surface area contributed by atoms with Crippen LogP contribution in [0.25, 0.3) is 0 Å². The van der Waals surface area contributed by atoms with E-state index in [1.165, 1.54) is 116 Å². The fourth-order valence-electron chi connectivity index (χ4n) is 17.3. The summed E-state index contributed by atoms with van der Waals surface area (Å²) in [5.41, 5.74) is 5.21. The maximum atomic E-state index is 10.2. The highest BCUT2D eigenvalue weighted by Crippen LogP contribution is 2.69. The van der Waals surface area contributed by atoms with Gasteiger partial charge in [-0.05, 0) is 195 Å². The Hall–Kier alpha value is -0.600. The number of rotatable bonds is 10. The van der Waals surface area contributed by atoms with Crippen molar-refractivity contribution in [2.75, 3.05) is 0 Å². The van der Waals surface area contributed by atoms with Gasteiger partial charge in [0, 0.05) is 0 Å². The smallest absolute Gasteiger partial charge is 0.0577 e. The molecule has 0 heterocycles. The first-order chi connectivity index (χ1) is 26.5. The molecular formula is C54H92O2. The molecule has 6 fully saturated rings. The Balaban J connectivity index is 0.000000172. The van der Waals surface area contributed by atoms with Gasteiger partial charge >= 0.3 is 0 Å². The van der Waals surface area contributed by atoms with E-state index < -0.39 is 0 Å². The third-order valence-corrected chi connectivity index (χ3v) is 20.6. The molecule has 6 saturated carbocycles. The van der Waals surface area contributed by atoms with Crippen LogP contribution in [0.4, 0.5) is 0 Å². The molecule has 0 radical (unpaired) electrons. The zero-order valence-electron chi connectivity index (χ0n) is 38.7. The van der Waals surface area contributed by atoms with Gasteiger partial charge in [0.25, 0.3) is 0 Å². The summed E-state index contributed by atoms with van der Waals surface area (Å²) in [5, 5.41) is 20.4. The van der Waals surface area contributed by atoms with Gasteiger partial charge in [-0.1, -0.05) is 131 Å². The Morgan fingerprint density at radius 2 is 0.893 bits per heavy atom. The molecule has 2 unspecified atom stereocenters. The minimum absolute atomic E-state index is 0.0766. The first-order valence-electron chi connectivity index (χ1n) is 25.3. The number of aliphatic hydroxyl groups excluding tert-OH is 2. The van der Waals surface area contributed by atoms with Gasteiger partial charge in [-0.2, -0.15) is 0 Å². The van der Waals surface area contributed by atoms with Gasteiger partial charge in [0.05, 0.1) is 12.2 Å². The average molecular weight is 773 g/mol. The van der Waals surface area contributed by atoms with Crippen LogP contribution in [0.1, 0.15) is 210 Å². The Kier molecular flexibility index (Phi) is 13.2. The van der Waals surface area contributed by atoms with E-state index in [0.29, 0.717) is 21.7 Å². The molecule has 8 rings (SSSR count). The molecular weight excluding hydrogens is 681 g/mol. The number of allylic oxidation sites excluding steroid dienone is 2. The van der Waals surface area contributed by atoms with Crippen molar-refractivity contribution in [3.8, 4) is 0 Å². The van der Waals surface area contributed by atoms with Crippen LogP contribution < -0.4 is 0 Å². The number of fused-ring (bicyclic) bond motifs is 10. The molecule has 56 heavy (non-hydrogen) atoms. The predicted octanol–water partition coefficient (Wildman–Crippen LogP) is 14.8. The Morgan fingerprint density at radius 3 is 1.27 bits per heavy atom. The van der Waals surface area contributed by atoms with Crippen LogP contribution in [-0.2, 0) is 0 Å². The van der Waals surface area contributed by atoms with Crippen molar-refractivity contribution >= 4 is 0 Å². The lowest BCUT2D eigenvalue weighted by Crippen LogP contribution is -2.50. The number of aliphatic hydroxyl groups is 2. The Bertz CT molecular complexity index is 1290. The second-order valence-corrected chi connectivity index (χ2v) is 24.4. The zero-order valence-corrected chi connectivity index (χ0v) is 38.7. The summed E-state index contributed by atoms with van der Waals surface area (Å²) in [4.78, 5) is 0. The van der Waals surface area contributed by atoms with Crippen LogP contribution >= 0.6 is 0 Å². The predicted molar refractivity (Wildman–Crippen MR) is 238 cm³/mol. The lowest BCUT2D eigenvalue weighted by molar-refractivity contribution is -0.0573. The van der Waals surface area contributed by atoms with Crippen LogP contribution in [-0.4, -0.2) is 22.4 Å². The molecule has 2 nitrogen and oxygen atoms in total. The topological polar surface area (TPSA) is 40.5 Å². The molecule has 0 aromatic rings. The van der Waals surface area contributed by atoms with E-state index in [9.17, 15) is 10.2 Å². The van der Waals surface area contributed by atoms with Gasteiger partial charge in [-0.15, -0.1) is 0 Å². The highest BCUT2D eigenvalue weighted by Gasteiger charge is 2.60. The van der Waals surface area contributed by atoms with Crippen molar-refractivity contribution in [2.24, 2.45) is 92.7 Å². The van der Waals surface area contributed by atoms with Crippen molar-refractivity contribution in [3.63, 3.8) is 0 Å². The molecule has 0 spiro atoms. The van der Waals surface area contributed by atoms with Crippen molar-refractivity contribution in [3.05, 3.63) is 23.3 Å². The molecule has 0 amide bonds. The van der Waals surface area contributed by atoms with E-state index in [2.05, 4.69) is 81.4 Å². The van der Waals surface area contributed by atoms with E-state index in [0.717, 1.165) is 96.7 Å². The Labute approximate surface area is 347 Å². The van der Waals surface area contributed by atoms with Gasteiger partial charge < -0.3 is 10.2 Å². The van der Waals surface area contributed by atoms with E-state index >= 15 is 0 Å². The van der Waals surface area contributed by atoms with E-state index in [4.69, 9.17) is 0 Å². The second-order valence-electron chi connectivity index (χ2n) is 24.4. The molecule has 0 aromatic carbocycles. The fraction of sp³-hybridized carbons (Fsp3) is 0.926. The highest BCUT2D eigenvalue weighted by molar-refractivity contribution is 5.27. The third-order valence-electron chi connectivity index (χ3n) is 20.6. The normalized spacial score (nSPS) is 46.5. The molecule has 0 saturated heterocycles. The van der Waals surface area contributed by atoms with E-state index in [-0.39, 0.29) is 12.2 Å². The summed E-state index contributed by atoms with van der Waals surface area (Å²) in [5.74, 6) is 10.9. The average Bonchev–Trinajstić information content (AvgIpc) is 3.69. The van der Waals surface area contributed by atoms with Crippen molar-refractivity contribution in [1.82, 2.24) is 0 Å². The first kappa shape index (κ1) is 43.5. The largest absolute Gasteiger partial charge is 0.393 e. The number of hydrogen-bond acceptors (Lipinski definition) is 2. The molecule has 8 aliphatic carbocycles. The molecule has 2 heteroatoms. The van der Waals surface area contributed by atoms with Gasteiger partial charge in [0.1, 0.15) is 0 Å². The van der Waals surface area contributed by atoms with Crippen LogP contribution in [0.5, 0.6) is 0 Å². The van der Waals surface area contributed by atoms with Crippen LogP contribution in [0.2, 0.25) is 0 Å². The first-order valence-corrected chi connectivity index (χ1v) is 25.3. The summed E-state index contributed by atoms with van der Waals surface area (Å²) in [6.07, 6.45) is 34.3. The van der Waals surface area contributed by atoms with Crippen molar-refractivity contribution in [2.45, 2.75) is 223 Å². The summed E-state index contributed by atoms with van der Waals surface area (Å²) in [6, 6.07) is 0. The summed E-state index contributed by atoms with van der Waals surface area (Å²) in [6.45, 7) is 25.1. The summed E-state index contributed by atoms with van der Waals surface area (Å²) >= 11 is 0. The maximum absolute atomic E-state index is 10.2. The van der Waals surface area contributed by atoms with Gasteiger partial charge in [-0.3, -0.25) is 0 Å². The summed E-state index contributed by atoms with van der Waals surface area (Å²) in [7, 11) is 0. The van der Waals surface area contributed by atoms with E-state index in [1.807, 2.05) is 0 Å². The van der Waals surface area contributed by atoms with Gasteiger partial charge in [0.2, 0.25) is 0 Å². The van der Waals surface area contributed by atoms with E-state index in [1.54, 1.807) is 11.1 Å². The van der Waals surface area contributed by atoms with Crippen LogP contribution in [0.15, 0.2) is 23.3 Å². The monoisotopic (exact) mass is 773 g/mol. The lowest BCUT2D eigenvalue weighted by Gasteiger charge is -2.58. The van der Waals surface area contributed by atoms with Crippen LogP contribution in [0, 0.1) is 92.7 Å². The fourth-order valence-corrected chi connectivity index (χ4v) is 17.3. The quantitative estimate of drug-likeness (QED) is 0.217. The zero-order chi connectivity index (χ0) is 40.2. The molecule has 16 atom stereocenters. The third kappa shape index (κ3) is 8.00. The van der Waals surface area contributed by atoms with Crippen molar-refractivity contribution < 1.29 is 10.2 Å². The van der Waals surface area contributed by atoms with Gasteiger partial charge in [0.15, 0.2) is 0 Å². The van der Waals surface area contributed by atoms with Crippen molar-refractivity contribution in [1.29, 1.82) is 0 Å². The SMILES string of the molecule is CC(C)CCC[C@@H](C)[C@H]1CC[C@H]2[C@@H]3CC=C4CC(O)CC[C@]4(C)[C@H]3CC[C@]12C.CC(C)CCC[C@@H](C)[C@H]1CC[C@H]2[C@@H]3CC=C4CC(O)CC[C@]4(C)[C@H]3CC[C@]12C. The molecule has 8 aliphatic rings. The summed E-state index contributed by atoms with van der Waals surface area (Å²) < 4.78 is 0. The van der Waals surface area contributed by atoms with Crippen LogP contribution in [0.3, 0.4) is 0 Å². The maximum Gasteiger partial charge on any atom is 0.0577 e. The molecule has 0 aliphatic heterocycles. The minimum atomic E-state index is -0.0766. The standard InChI is InChI=1S/2C27H46O/c2*1-18(2)7-6-8-19(3)23-11-12-24-22-10-9-20-17-21(28)13-15-26(20,4)25(22)14-16-27(23,24)5/h2*9,18-19,21-25,28H,6-8,10-17H2,1-5H3/t2*19-,21?,22+,23-,24+,25+,26+,27-/m11/s1. The minimum Gasteiger partial charge on any atom is -0.393 e. The Morgan fingerprint density at radius 1 is 0.500 bits per heavy atom.